The second kappa shape index (κ2) is 3.00. The quantitative estimate of drug-likeness (QED) is 0.651. The summed E-state index contributed by atoms with van der Waals surface area (Å²) in [6.45, 7) is 5.86. The molecule has 3 heteroatoms. The standard InChI is InChI=1S/C10H14N2O/c1-10(2)7-12-6-8-5-11-4-3-9(8)13-10/h3-5,12H,6-7H2,1-2H3. The second-order valence-electron chi connectivity index (χ2n) is 3.95. The lowest BCUT2D eigenvalue weighted by Gasteiger charge is -2.24. The molecular formula is C10H14N2O. The van der Waals surface area contributed by atoms with E-state index in [1.54, 1.807) is 6.20 Å². The predicted molar refractivity (Wildman–Crippen MR) is 50.7 cm³/mol. The molecule has 13 heavy (non-hydrogen) atoms. The summed E-state index contributed by atoms with van der Waals surface area (Å²) in [6.07, 6.45) is 3.62. The van der Waals surface area contributed by atoms with Crippen LogP contribution in [-0.4, -0.2) is 17.1 Å². The van der Waals surface area contributed by atoms with Crippen LogP contribution in [0.5, 0.6) is 5.75 Å². The first kappa shape index (κ1) is 8.51. The minimum Gasteiger partial charge on any atom is -0.486 e. The molecule has 0 aliphatic carbocycles. The molecule has 1 N–H and O–H groups in total. The second-order valence-corrected chi connectivity index (χ2v) is 3.95. The van der Waals surface area contributed by atoms with Crippen molar-refractivity contribution < 1.29 is 4.74 Å². The maximum Gasteiger partial charge on any atom is 0.127 e. The molecule has 0 bridgehead atoms. The number of pyridine rings is 1. The lowest BCUT2D eigenvalue weighted by atomic mass is 10.1. The van der Waals surface area contributed by atoms with Gasteiger partial charge in [0.25, 0.3) is 0 Å². The van der Waals surface area contributed by atoms with Crippen LogP contribution in [0.2, 0.25) is 0 Å². The van der Waals surface area contributed by atoms with Gasteiger partial charge in [-0.1, -0.05) is 0 Å². The summed E-state index contributed by atoms with van der Waals surface area (Å²) in [7, 11) is 0. The molecule has 0 saturated heterocycles. The van der Waals surface area contributed by atoms with Gasteiger partial charge in [-0.15, -0.1) is 0 Å². The monoisotopic (exact) mass is 178 g/mol. The van der Waals surface area contributed by atoms with Crippen LogP contribution >= 0.6 is 0 Å². The number of aromatic nitrogens is 1. The van der Waals surface area contributed by atoms with E-state index in [2.05, 4.69) is 24.1 Å². The van der Waals surface area contributed by atoms with Crippen LogP contribution in [0.1, 0.15) is 19.4 Å². The van der Waals surface area contributed by atoms with Crippen molar-refractivity contribution in [3.63, 3.8) is 0 Å². The van der Waals surface area contributed by atoms with Crippen LogP contribution in [0.15, 0.2) is 18.5 Å². The summed E-state index contributed by atoms with van der Waals surface area (Å²) in [5, 5.41) is 3.33. The lowest BCUT2D eigenvalue weighted by Crippen LogP contribution is -2.37. The van der Waals surface area contributed by atoms with Gasteiger partial charge in [-0.05, 0) is 19.9 Å². The van der Waals surface area contributed by atoms with Crippen LogP contribution in [0.3, 0.4) is 0 Å². The molecule has 0 fully saturated rings. The number of nitrogens with one attached hydrogen (secondary N) is 1. The highest BCUT2D eigenvalue weighted by Gasteiger charge is 2.23. The molecular weight excluding hydrogens is 164 g/mol. The Kier molecular flexibility index (Phi) is 1.96. The van der Waals surface area contributed by atoms with Gasteiger partial charge in [-0.25, -0.2) is 0 Å². The van der Waals surface area contributed by atoms with Gasteiger partial charge in [0.05, 0.1) is 0 Å². The summed E-state index contributed by atoms with van der Waals surface area (Å²) in [5.74, 6) is 0.949. The Balaban J connectivity index is 2.34. The zero-order valence-corrected chi connectivity index (χ0v) is 8.00. The van der Waals surface area contributed by atoms with E-state index in [1.165, 1.54) is 0 Å². The molecule has 1 aliphatic rings. The maximum absolute atomic E-state index is 5.84. The van der Waals surface area contributed by atoms with E-state index >= 15 is 0 Å². The van der Waals surface area contributed by atoms with Gasteiger partial charge in [0.2, 0.25) is 0 Å². The predicted octanol–water partition coefficient (Wildman–Crippen LogP) is 1.34. The van der Waals surface area contributed by atoms with Crippen molar-refractivity contribution in [3.8, 4) is 5.75 Å². The number of hydrogen-bond acceptors (Lipinski definition) is 3. The van der Waals surface area contributed by atoms with Crippen molar-refractivity contribution in [3.05, 3.63) is 24.0 Å². The average Bonchev–Trinajstić information content (AvgIpc) is 2.21. The highest BCUT2D eigenvalue weighted by molar-refractivity contribution is 5.31. The zero-order chi connectivity index (χ0) is 9.31. The van der Waals surface area contributed by atoms with Gasteiger partial charge >= 0.3 is 0 Å². The Morgan fingerprint density at radius 2 is 2.38 bits per heavy atom. The van der Waals surface area contributed by atoms with E-state index in [0.29, 0.717) is 0 Å². The van der Waals surface area contributed by atoms with E-state index in [4.69, 9.17) is 4.74 Å². The molecule has 0 spiro atoms. The smallest absolute Gasteiger partial charge is 0.127 e. The fraction of sp³-hybridized carbons (Fsp3) is 0.500. The number of hydrogen-bond donors (Lipinski definition) is 1. The van der Waals surface area contributed by atoms with Crippen LogP contribution in [0.25, 0.3) is 0 Å². The fourth-order valence-electron chi connectivity index (χ4n) is 1.48. The Labute approximate surface area is 78.1 Å². The number of ether oxygens (including phenoxy) is 1. The average molecular weight is 178 g/mol. The van der Waals surface area contributed by atoms with Crippen molar-refractivity contribution in [2.24, 2.45) is 0 Å². The molecule has 0 saturated carbocycles. The highest BCUT2D eigenvalue weighted by atomic mass is 16.5. The van der Waals surface area contributed by atoms with Crippen LogP contribution in [0.4, 0.5) is 0 Å². The normalized spacial score (nSPS) is 19.8. The van der Waals surface area contributed by atoms with Gasteiger partial charge in [-0.2, -0.15) is 0 Å². The van der Waals surface area contributed by atoms with Crippen LogP contribution in [-0.2, 0) is 6.54 Å². The number of nitrogens with zero attached hydrogens (tertiary/aromatic N) is 1. The minimum atomic E-state index is -0.132. The first-order valence-corrected chi connectivity index (χ1v) is 4.50. The van der Waals surface area contributed by atoms with Crippen LogP contribution < -0.4 is 10.1 Å². The van der Waals surface area contributed by atoms with Crippen molar-refractivity contribution in [2.75, 3.05) is 6.54 Å². The third kappa shape index (κ3) is 1.80. The van der Waals surface area contributed by atoms with Crippen molar-refractivity contribution in [1.29, 1.82) is 0 Å². The SMILES string of the molecule is CC1(C)CNCc2cnccc2O1. The Hall–Kier alpha value is -1.09. The van der Waals surface area contributed by atoms with Crippen LogP contribution in [0, 0.1) is 0 Å². The molecule has 2 heterocycles. The summed E-state index contributed by atoms with van der Waals surface area (Å²) in [6, 6.07) is 1.92. The first-order valence-electron chi connectivity index (χ1n) is 4.50. The molecule has 1 aliphatic heterocycles. The minimum absolute atomic E-state index is 0.132. The van der Waals surface area contributed by atoms with E-state index in [1.807, 2.05) is 12.3 Å². The summed E-state index contributed by atoms with van der Waals surface area (Å²) in [5.41, 5.74) is 1.00. The Morgan fingerprint density at radius 1 is 1.54 bits per heavy atom. The topological polar surface area (TPSA) is 34.2 Å². The van der Waals surface area contributed by atoms with Gasteiger partial charge in [0.15, 0.2) is 0 Å². The molecule has 1 aromatic heterocycles. The first-order chi connectivity index (χ1) is 6.17. The Morgan fingerprint density at radius 3 is 3.23 bits per heavy atom. The van der Waals surface area contributed by atoms with Gasteiger partial charge < -0.3 is 10.1 Å². The van der Waals surface area contributed by atoms with Crippen molar-refractivity contribution in [1.82, 2.24) is 10.3 Å². The lowest BCUT2D eigenvalue weighted by molar-refractivity contribution is 0.115. The van der Waals surface area contributed by atoms with Crippen molar-refractivity contribution >= 4 is 0 Å². The third-order valence-corrected chi connectivity index (χ3v) is 2.11. The fourth-order valence-corrected chi connectivity index (χ4v) is 1.48. The van der Waals surface area contributed by atoms with E-state index in [0.717, 1.165) is 24.4 Å². The summed E-state index contributed by atoms with van der Waals surface area (Å²) in [4.78, 5) is 4.07. The molecule has 0 radical (unpaired) electrons. The van der Waals surface area contributed by atoms with E-state index < -0.39 is 0 Å². The molecule has 0 aromatic carbocycles. The largest absolute Gasteiger partial charge is 0.486 e. The molecule has 3 nitrogen and oxygen atoms in total. The maximum atomic E-state index is 5.84. The molecule has 70 valence electrons. The van der Waals surface area contributed by atoms with Crippen molar-refractivity contribution in [2.45, 2.75) is 26.0 Å². The Bertz CT molecular complexity index is 310. The molecule has 0 atom stereocenters. The summed E-state index contributed by atoms with van der Waals surface area (Å²) < 4.78 is 5.84. The molecule has 0 amide bonds. The van der Waals surface area contributed by atoms with Gasteiger partial charge in [-0.3, -0.25) is 4.98 Å². The van der Waals surface area contributed by atoms with Gasteiger partial charge in [0.1, 0.15) is 11.4 Å². The van der Waals surface area contributed by atoms with E-state index in [-0.39, 0.29) is 5.60 Å². The number of rotatable bonds is 0. The third-order valence-electron chi connectivity index (χ3n) is 2.11. The highest BCUT2D eigenvalue weighted by Crippen LogP contribution is 2.24. The molecule has 1 aromatic rings. The van der Waals surface area contributed by atoms with E-state index in [9.17, 15) is 0 Å². The molecule has 2 rings (SSSR count). The molecule has 0 unspecified atom stereocenters. The van der Waals surface area contributed by atoms with Gasteiger partial charge in [0, 0.05) is 31.0 Å². The number of fused-ring (bicyclic) bond motifs is 1. The summed E-state index contributed by atoms with van der Waals surface area (Å²) >= 11 is 0. The zero-order valence-electron chi connectivity index (χ0n) is 8.00.